The molecule has 0 unspecified atom stereocenters. The van der Waals surface area contributed by atoms with Crippen LogP contribution in [0.15, 0.2) is 11.6 Å². The van der Waals surface area contributed by atoms with Crippen LogP contribution in [0.5, 0.6) is 0 Å². The summed E-state index contributed by atoms with van der Waals surface area (Å²) in [4.78, 5) is 10.8. The monoisotopic (exact) mass is 210 g/mol. The van der Waals surface area contributed by atoms with E-state index in [0.717, 1.165) is 6.42 Å². The van der Waals surface area contributed by atoms with E-state index in [-0.39, 0.29) is 24.0 Å². The molecule has 0 aromatic carbocycles. The second kappa shape index (κ2) is 3.34. The van der Waals surface area contributed by atoms with Crippen LogP contribution < -0.4 is 0 Å². The summed E-state index contributed by atoms with van der Waals surface area (Å²) in [6.07, 6.45) is 3.52. The Morgan fingerprint density at radius 3 is 2.93 bits per heavy atom. The van der Waals surface area contributed by atoms with Crippen LogP contribution in [0, 0.1) is 11.8 Å². The Balaban J connectivity index is 2.24. The highest BCUT2D eigenvalue weighted by atomic mass is 16.5. The van der Waals surface area contributed by atoms with E-state index >= 15 is 0 Å². The van der Waals surface area contributed by atoms with Crippen LogP contribution in [0.1, 0.15) is 33.6 Å². The lowest BCUT2D eigenvalue weighted by Gasteiger charge is -2.30. The summed E-state index contributed by atoms with van der Waals surface area (Å²) in [5.74, 6) is -0.233. The van der Waals surface area contributed by atoms with Gasteiger partial charge in [0, 0.05) is 0 Å². The van der Waals surface area contributed by atoms with Gasteiger partial charge in [-0.15, -0.1) is 0 Å². The Bertz CT molecular complexity index is 317. The first kappa shape index (κ1) is 10.7. The van der Waals surface area contributed by atoms with Crippen molar-refractivity contribution in [3.8, 4) is 0 Å². The third-order valence-electron chi connectivity index (χ3n) is 3.72. The molecular weight excluding hydrogens is 192 g/mol. The van der Waals surface area contributed by atoms with Gasteiger partial charge < -0.3 is 9.84 Å². The van der Waals surface area contributed by atoms with Crippen molar-refractivity contribution in [3.63, 3.8) is 0 Å². The average molecular weight is 210 g/mol. The van der Waals surface area contributed by atoms with Gasteiger partial charge in [0.05, 0.1) is 18.1 Å². The summed E-state index contributed by atoms with van der Waals surface area (Å²) >= 11 is 0. The predicted octanol–water partition coefficient (Wildman–Crippen LogP) is 2.22. The summed E-state index contributed by atoms with van der Waals surface area (Å²) in [5.41, 5.74) is 1.02. The fraction of sp³-hybridized carbons (Fsp3) is 0.750. The lowest BCUT2D eigenvalue weighted by molar-refractivity contribution is -0.138. The normalized spacial score (nSPS) is 37.5. The molecule has 2 bridgehead atoms. The minimum atomic E-state index is -0.717. The molecule has 0 aromatic heterocycles. The molecule has 3 nitrogen and oxygen atoms in total. The Labute approximate surface area is 90.1 Å². The van der Waals surface area contributed by atoms with E-state index < -0.39 is 5.97 Å². The van der Waals surface area contributed by atoms with E-state index in [2.05, 4.69) is 19.9 Å². The molecular formula is C12H18O3. The van der Waals surface area contributed by atoms with Gasteiger partial charge in [0.1, 0.15) is 0 Å². The number of allylic oxidation sites excluding steroid dienone is 1. The SMILES string of the molecule is CC1=C[C@H](CC(=O)O)[C@@H]2C[C@H]1OC2(C)C. The summed E-state index contributed by atoms with van der Waals surface area (Å²) in [6, 6.07) is 0. The van der Waals surface area contributed by atoms with Crippen molar-refractivity contribution in [3.05, 3.63) is 11.6 Å². The number of hydrogen-bond donors (Lipinski definition) is 1. The summed E-state index contributed by atoms with van der Waals surface area (Å²) < 4.78 is 5.94. The number of fused-ring (bicyclic) bond motifs is 2. The molecule has 0 radical (unpaired) electrons. The van der Waals surface area contributed by atoms with Crippen molar-refractivity contribution in [2.24, 2.45) is 11.8 Å². The third kappa shape index (κ3) is 1.81. The summed E-state index contributed by atoms with van der Waals surface area (Å²) in [5, 5.41) is 8.88. The molecule has 1 aliphatic heterocycles. The molecule has 1 heterocycles. The first-order chi connectivity index (χ1) is 6.90. The number of carboxylic acids is 1. The number of carbonyl (C=O) groups is 1. The third-order valence-corrected chi connectivity index (χ3v) is 3.72. The van der Waals surface area contributed by atoms with Crippen LogP contribution in [0.4, 0.5) is 0 Å². The van der Waals surface area contributed by atoms with Crippen LogP contribution in [0.2, 0.25) is 0 Å². The second-order valence-corrected chi connectivity index (χ2v) is 5.22. The molecule has 0 aromatic rings. The van der Waals surface area contributed by atoms with Gasteiger partial charge in [0.2, 0.25) is 0 Å². The number of carboxylic acid groups (broad SMARTS) is 1. The number of hydrogen-bond acceptors (Lipinski definition) is 2. The minimum Gasteiger partial charge on any atom is -0.481 e. The average Bonchev–Trinajstić information content (AvgIpc) is 2.34. The van der Waals surface area contributed by atoms with Gasteiger partial charge in [0.15, 0.2) is 0 Å². The van der Waals surface area contributed by atoms with Crippen molar-refractivity contribution < 1.29 is 14.6 Å². The van der Waals surface area contributed by atoms with Crippen LogP contribution in [0.25, 0.3) is 0 Å². The molecule has 0 saturated carbocycles. The van der Waals surface area contributed by atoms with Gasteiger partial charge in [-0.3, -0.25) is 4.79 Å². The maximum Gasteiger partial charge on any atom is 0.303 e. The van der Waals surface area contributed by atoms with E-state index in [9.17, 15) is 4.79 Å². The van der Waals surface area contributed by atoms with E-state index in [1.807, 2.05) is 6.92 Å². The van der Waals surface area contributed by atoms with E-state index in [0.29, 0.717) is 5.92 Å². The molecule has 3 atom stereocenters. The first-order valence-electron chi connectivity index (χ1n) is 5.48. The highest BCUT2D eigenvalue weighted by Crippen LogP contribution is 2.47. The number of ether oxygens (including phenoxy) is 1. The van der Waals surface area contributed by atoms with Gasteiger partial charge in [0.25, 0.3) is 0 Å². The molecule has 84 valence electrons. The Morgan fingerprint density at radius 2 is 2.33 bits per heavy atom. The fourth-order valence-corrected chi connectivity index (χ4v) is 2.95. The maximum absolute atomic E-state index is 10.8. The Hall–Kier alpha value is -0.830. The van der Waals surface area contributed by atoms with Crippen LogP contribution in [-0.4, -0.2) is 22.8 Å². The highest BCUT2D eigenvalue weighted by Gasteiger charge is 2.48. The van der Waals surface area contributed by atoms with E-state index in [4.69, 9.17) is 9.84 Å². The molecule has 3 heteroatoms. The second-order valence-electron chi connectivity index (χ2n) is 5.22. The zero-order valence-corrected chi connectivity index (χ0v) is 9.49. The van der Waals surface area contributed by atoms with Crippen molar-refractivity contribution in [1.82, 2.24) is 0 Å². The summed E-state index contributed by atoms with van der Waals surface area (Å²) in [7, 11) is 0. The van der Waals surface area contributed by atoms with Crippen molar-refractivity contribution >= 4 is 5.97 Å². The van der Waals surface area contributed by atoms with Crippen LogP contribution in [-0.2, 0) is 9.53 Å². The van der Waals surface area contributed by atoms with E-state index in [1.165, 1.54) is 5.57 Å². The standard InChI is InChI=1S/C12H18O3/c1-7-4-8(5-11(13)14)9-6-10(7)15-12(9,2)3/h4,8-10H,5-6H2,1-3H3,(H,13,14)/t8-,9+,10-/m1/s1. The van der Waals surface area contributed by atoms with Gasteiger partial charge in [-0.25, -0.2) is 0 Å². The molecule has 2 aliphatic rings. The van der Waals surface area contributed by atoms with Crippen molar-refractivity contribution in [2.45, 2.75) is 45.3 Å². The van der Waals surface area contributed by atoms with E-state index in [1.54, 1.807) is 0 Å². The molecule has 2 rings (SSSR count). The zero-order chi connectivity index (χ0) is 11.2. The molecule has 15 heavy (non-hydrogen) atoms. The minimum absolute atomic E-state index is 0.135. The molecule has 0 amide bonds. The molecule has 1 saturated heterocycles. The van der Waals surface area contributed by atoms with Gasteiger partial charge in [-0.2, -0.15) is 0 Å². The van der Waals surface area contributed by atoms with Crippen molar-refractivity contribution in [2.75, 3.05) is 0 Å². The van der Waals surface area contributed by atoms with Crippen LogP contribution >= 0.6 is 0 Å². The summed E-state index contributed by atoms with van der Waals surface area (Å²) in [6.45, 7) is 6.18. The highest BCUT2D eigenvalue weighted by molar-refractivity contribution is 5.67. The first-order valence-corrected chi connectivity index (χ1v) is 5.48. The molecule has 0 spiro atoms. The quantitative estimate of drug-likeness (QED) is 0.711. The molecule has 1 N–H and O–H groups in total. The molecule has 1 aliphatic carbocycles. The Morgan fingerprint density at radius 1 is 1.67 bits per heavy atom. The topological polar surface area (TPSA) is 46.5 Å². The maximum atomic E-state index is 10.8. The van der Waals surface area contributed by atoms with Gasteiger partial charge in [-0.05, 0) is 44.6 Å². The number of rotatable bonds is 2. The zero-order valence-electron chi connectivity index (χ0n) is 9.49. The molecule has 1 fully saturated rings. The van der Waals surface area contributed by atoms with Gasteiger partial charge in [-0.1, -0.05) is 6.08 Å². The largest absolute Gasteiger partial charge is 0.481 e. The Kier molecular flexibility index (Phi) is 2.38. The number of aliphatic carboxylic acids is 1. The smallest absolute Gasteiger partial charge is 0.303 e. The predicted molar refractivity (Wildman–Crippen MR) is 56.6 cm³/mol. The van der Waals surface area contributed by atoms with Gasteiger partial charge >= 0.3 is 5.97 Å². The van der Waals surface area contributed by atoms with Crippen LogP contribution in [0.3, 0.4) is 0 Å². The fourth-order valence-electron chi connectivity index (χ4n) is 2.95. The lowest BCUT2D eigenvalue weighted by atomic mass is 9.73. The lowest BCUT2D eigenvalue weighted by Crippen LogP contribution is -2.33. The van der Waals surface area contributed by atoms with Crippen molar-refractivity contribution in [1.29, 1.82) is 0 Å².